The molecule has 1 aromatic heterocycles. The second-order valence-electron chi connectivity index (χ2n) is 1.33. The van der Waals surface area contributed by atoms with Crippen LogP contribution in [0.25, 0.3) is 0 Å². The average Bonchev–Trinajstić information content (AvgIpc) is 2.41. The number of hydrogen-bond donors (Lipinski definition) is 0. The van der Waals surface area contributed by atoms with Gasteiger partial charge >= 0.3 is 0 Å². The highest BCUT2D eigenvalue weighted by Crippen LogP contribution is 2.28. The van der Waals surface area contributed by atoms with Crippen LogP contribution in [0.2, 0.25) is 0 Å². The van der Waals surface area contributed by atoms with Gasteiger partial charge in [-0.05, 0) is 22.3 Å². The fourth-order valence-electron chi connectivity index (χ4n) is 0.404. The van der Waals surface area contributed by atoms with E-state index in [4.69, 9.17) is 11.0 Å². The third kappa shape index (κ3) is 1.49. The average molecular weight is 230 g/mol. The molecule has 1 heterocycles. The van der Waals surface area contributed by atoms with Gasteiger partial charge in [0.25, 0.3) is 5.19 Å². The maximum absolute atomic E-state index is 7.55. The molecule has 1 rings (SSSR count). The summed E-state index contributed by atoms with van der Waals surface area (Å²) in [7, 11) is -2.72. The molecule has 10 heavy (non-hydrogen) atoms. The van der Waals surface area contributed by atoms with E-state index in [1.165, 1.54) is 0 Å². The zero-order valence-corrected chi connectivity index (χ0v) is 7.04. The maximum Gasteiger partial charge on any atom is 0.274 e. The third-order valence-electron chi connectivity index (χ3n) is 0.767. The molecule has 0 radical (unpaired) electrons. The molecule has 0 aliphatic heterocycles. The topological polar surface area (TPSA) is 22.1 Å². The van der Waals surface area contributed by atoms with Gasteiger partial charge in [0.2, 0.25) is 0 Å². The highest BCUT2D eigenvalue weighted by atomic mass is 79.9. The number of methoxy groups -OCH3 is 1. The van der Waals surface area contributed by atoms with Crippen molar-refractivity contribution in [3.8, 4) is 5.19 Å². The van der Waals surface area contributed by atoms with Crippen molar-refractivity contribution in [3.63, 3.8) is 0 Å². The number of hydrogen-bond acceptors (Lipinski definition) is 3. The van der Waals surface area contributed by atoms with Crippen molar-refractivity contribution in [1.29, 1.82) is 0 Å². The Kier molecular flexibility index (Phi) is 0.820. The number of aromatic nitrogens is 1. The molecular formula is C6H8BrNOS. The molecule has 0 bridgehead atoms. The summed E-state index contributed by atoms with van der Waals surface area (Å²) in [6, 6.07) is 0. The molecule has 0 aliphatic rings. The van der Waals surface area contributed by atoms with E-state index in [0.717, 1.165) is 0 Å². The largest absolute Gasteiger partial charge is 0.473 e. The third-order valence-corrected chi connectivity index (χ3v) is 2.45. The van der Waals surface area contributed by atoms with E-state index in [1.807, 2.05) is 0 Å². The van der Waals surface area contributed by atoms with Crippen molar-refractivity contribution in [2.75, 3.05) is 7.04 Å². The summed E-state index contributed by atoms with van der Waals surface area (Å²) >= 11 is 3.44. The van der Waals surface area contributed by atoms with Crippen LogP contribution in [0.5, 0.6) is 5.19 Å². The highest BCUT2D eigenvalue weighted by molar-refractivity contribution is 9.10. The van der Waals surface area contributed by atoms with Gasteiger partial charge in [0.15, 0.2) is 0 Å². The van der Waals surface area contributed by atoms with Gasteiger partial charge in [0.05, 0.1) is 11.2 Å². The van der Waals surface area contributed by atoms with E-state index in [2.05, 4.69) is 25.7 Å². The van der Waals surface area contributed by atoms with Crippen molar-refractivity contribution < 1.29 is 15.7 Å². The van der Waals surface area contributed by atoms with Gasteiger partial charge in [-0.1, -0.05) is 18.2 Å². The quantitative estimate of drug-likeness (QED) is 0.778. The monoisotopic (exact) mass is 229 g/mol. The van der Waals surface area contributed by atoms with Gasteiger partial charge in [0.1, 0.15) is 4.60 Å². The minimum atomic E-state index is -2.89. The summed E-state index contributed by atoms with van der Waals surface area (Å²) in [5.41, 5.74) is 0. The lowest BCUT2D eigenvalue weighted by molar-refractivity contribution is 0.411. The zero-order valence-electron chi connectivity index (χ0n) is 12.6. The highest BCUT2D eigenvalue weighted by Gasteiger charge is 2.05. The molecule has 0 N–H and O–H groups in total. The Balaban J connectivity index is 3.13. The van der Waals surface area contributed by atoms with Crippen LogP contribution >= 0.6 is 27.3 Å². The predicted molar refractivity (Wildman–Crippen MR) is 45.7 cm³/mol. The lowest BCUT2D eigenvalue weighted by Crippen LogP contribution is -1.78. The van der Waals surface area contributed by atoms with Crippen molar-refractivity contribution >= 4 is 27.3 Å². The van der Waals surface area contributed by atoms with E-state index < -0.39 is 20.3 Å². The van der Waals surface area contributed by atoms with Gasteiger partial charge in [-0.3, -0.25) is 0 Å². The Bertz CT molecular complexity index is 438. The minimum Gasteiger partial charge on any atom is -0.473 e. The van der Waals surface area contributed by atoms with Crippen molar-refractivity contribution in [3.05, 3.63) is 9.48 Å². The van der Waals surface area contributed by atoms with Gasteiger partial charge in [-0.15, -0.1) is 0 Å². The van der Waals surface area contributed by atoms with Gasteiger partial charge in [0, 0.05) is 11.7 Å². The number of halogens is 1. The molecule has 0 aromatic carbocycles. The van der Waals surface area contributed by atoms with Crippen LogP contribution in [-0.4, -0.2) is 12.0 Å². The summed E-state index contributed by atoms with van der Waals surface area (Å²) in [5.74, 6) is 0. The van der Waals surface area contributed by atoms with E-state index in [-0.39, 0.29) is 14.7 Å². The number of ether oxygens (including phenoxy) is 1. The molecule has 0 amide bonds. The number of rotatable bonds is 2. The molecule has 0 atom stereocenters. The van der Waals surface area contributed by atoms with Gasteiger partial charge in [-0.25, -0.2) is 0 Å². The molecule has 1 aromatic rings. The van der Waals surface area contributed by atoms with Crippen LogP contribution in [0, 0.1) is 0 Å². The first-order chi connectivity index (χ1) is 7.84. The smallest absolute Gasteiger partial charge is 0.274 e. The second kappa shape index (κ2) is 3.34. The van der Waals surface area contributed by atoms with Crippen LogP contribution < -0.4 is 4.74 Å². The van der Waals surface area contributed by atoms with Crippen LogP contribution in [-0.2, 0) is 6.37 Å². The molecule has 0 aliphatic carbocycles. The summed E-state index contributed by atoms with van der Waals surface area (Å²) in [6.07, 6.45) is -2.64. The summed E-state index contributed by atoms with van der Waals surface area (Å²) in [5, 5.41) is -0.315. The predicted octanol–water partition coefficient (Wildman–Crippen LogP) is 2.48. The van der Waals surface area contributed by atoms with E-state index in [9.17, 15) is 0 Å². The second-order valence-corrected chi connectivity index (χ2v) is 3.04. The molecular weight excluding hydrogens is 214 g/mol. The standard InChI is InChI=1S/C6H8BrNOS/c1-3-4-5(7)8-6(9-2)10-4/h3H2,1-2H3/i1D3,2D3,3D2. The Morgan fingerprint density at radius 3 is 3.60 bits per heavy atom. The van der Waals surface area contributed by atoms with Crippen LogP contribution in [0.4, 0.5) is 0 Å². The molecule has 56 valence electrons. The minimum absolute atomic E-state index is 0.0760. The van der Waals surface area contributed by atoms with E-state index >= 15 is 0 Å². The molecule has 0 saturated carbocycles. The van der Waals surface area contributed by atoms with Gasteiger partial charge < -0.3 is 4.74 Å². The summed E-state index contributed by atoms with van der Waals surface area (Å²) < 4.78 is 61.5. The van der Waals surface area contributed by atoms with Crippen LogP contribution in [0.3, 0.4) is 0 Å². The van der Waals surface area contributed by atoms with E-state index in [1.54, 1.807) is 0 Å². The number of aryl methyl sites for hydroxylation is 1. The summed E-state index contributed by atoms with van der Waals surface area (Å²) in [4.78, 5) is 3.40. The first-order valence-corrected chi connectivity index (χ1v) is 3.81. The molecule has 0 saturated heterocycles. The van der Waals surface area contributed by atoms with E-state index in [0.29, 0.717) is 11.3 Å². The van der Waals surface area contributed by atoms with Crippen molar-refractivity contribution in [2.24, 2.45) is 0 Å². The van der Waals surface area contributed by atoms with Crippen LogP contribution in [0.15, 0.2) is 4.60 Å². The Morgan fingerprint density at radius 2 is 2.90 bits per heavy atom. The normalized spacial score (nSPS) is 25.7. The number of thiazole rings is 1. The first kappa shape index (κ1) is 2.45. The molecule has 0 fully saturated rings. The van der Waals surface area contributed by atoms with Crippen LogP contribution in [0.1, 0.15) is 22.7 Å². The van der Waals surface area contributed by atoms with Crippen molar-refractivity contribution in [1.82, 2.24) is 4.98 Å². The lowest BCUT2D eigenvalue weighted by Gasteiger charge is -1.85. The zero-order chi connectivity index (χ0) is 14.4. The maximum atomic E-state index is 7.55. The SMILES string of the molecule is [2H]C([2H])([2H])Oc1nc(Br)c(C([2H])([2H])C([2H])([2H])[2H])s1. The fourth-order valence-corrected chi connectivity index (χ4v) is 1.56. The summed E-state index contributed by atoms with van der Waals surface area (Å²) in [6.45, 7) is -2.89. The molecule has 2 nitrogen and oxygen atoms in total. The van der Waals surface area contributed by atoms with Crippen molar-refractivity contribution in [2.45, 2.75) is 13.2 Å². The molecule has 4 heteroatoms. The van der Waals surface area contributed by atoms with Gasteiger partial charge in [-0.2, -0.15) is 4.98 Å². The first-order valence-electron chi connectivity index (χ1n) is 6.20. The Morgan fingerprint density at radius 1 is 2.00 bits per heavy atom. The molecule has 0 unspecified atom stereocenters. The fraction of sp³-hybridized carbons (Fsp3) is 0.500. The number of nitrogens with zero attached hydrogens (tertiary/aromatic N) is 1. The lowest BCUT2D eigenvalue weighted by atomic mass is 10.4. The Hall–Kier alpha value is -0.0900. The molecule has 0 spiro atoms. The Labute approximate surface area is 83.6 Å².